The first-order chi connectivity index (χ1) is 9.20. The summed E-state index contributed by atoms with van der Waals surface area (Å²) in [5, 5.41) is 0. The quantitative estimate of drug-likeness (QED) is 0.704. The first-order valence-corrected chi connectivity index (χ1v) is 6.15. The number of imidazole rings is 1. The van der Waals surface area contributed by atoms with E-state index in [9.17, 15) is 0 Å². The first-order valence-electron chi connectivity index (χ1n) is 6.15. The molecule has 4 nitrogen and oxygen atoms in total. The van der Waals surface area contributed by atoms with Crippen LogP contribution in [0.15, 0.2) is 36.7 Å². The number of rotatable bonds is 2. The van der Waals surface area contributed by atoms with Gasteiger partial charge >= 0.3 is 0 Å². The van der Waals surface area contributed by atoms with E-state index in [-0.39, 0.29) is 0 Å². The van der Waals surface area contributed by atoms with E-state index in [0.717, 1.165) is 22.6 Å². The van der Waals surface area contributed by atoms with Crippen LogP contribution in [0.5, 0.6) is 5.88 Å². The van der Waals surface area contributed by atoms with Crippen LogP contribution in [0.25, 0.3) is 16.8 Å². The van der Waals surface area contributed by atoms with Crippen molar-refractivity contribution < 1.29 is 4.74 Å². The number of aryl methyl sites for hydroxylation is 2. The number of fused-ring (bicyclic) bond motifs is 1. The number of hydrogen-bond donors (Lipinski definition) is 0. The number of aromatic nitrogens is 3. The molecule has 0 amide bonds. The number of benzene rings is 1. The van der Waals surface area contributed by atoms with Gasteiger partial charge < -0.3 is 4.74 Å². The predicted molar refractivity (Wildman–Crippen MR) is 74.4 cm³/mol. The van der Waals surface area contributed by atoms with Crippen molar-refractivity contribution in [3.63, 3.8) is 0 Å². The van der Waals surface area contributed by atoms with Crippen LogP contribution in [0.2, 0.25) is 0 Å². The zero-order valence-electron chi connectivity index (χ0n) is 11.2. The fourth-order valence-corrected chi connectivity index (χ4v) is 2.23. The van der Waals surface area contributed by atoms with Gasteiger partial charge in [0.25, 0.3) is 0 Å². The standard InChI is InChI=1S/C15H15N3O/c1-10-4-6-12(7-5-10)13-8-17-15(19-3)14-9-16-11(2)18(13)14/h4-9H,1-3H3. The lowest BCUT2D eigenvalue weighted by Crippen LogP contribution is -1.99. The van der Waals surface area contributed by atoms with Crippen LogP contribution < -0.4 is 4.74 Å². The van der Waals surface area contributed by atoms with Crippen LogP contribution in [0.1, 0.15) is 11.4 Å². The van der Waals surface area contributed by atoms with Gasteiger partial charge in [-0.1, -0.05) is 29.8 Å². The van der Waals surface area contributed by atoms with E-state index in [1.807, 2.05) is 13.1 Å². The Kier molecular flexibility index (Phi) is 2.71. The topological polar surface area (TPSA) is 39.4 Å². The van der Waals surface area contributed by atoms with Crippen LogP contribution in [-0.2, 0) is 0 Å². The fraction of sp³-hybridized carbons (Fsp3) is 0.200. The molecular formula is C15H15N3O. The number of ether oxygens (including phenoxy) is 1. The molecule has 0 atom stereocenters. The average Bonchev–Trinajstić information content (AvgIpc) is 2.82. The molecule has 96 valence electrons. The van der Waals surface area contributed by atoms with Gasteiger partial charge in [-0.15, -0.1) is 0 Å². The van der Waals surface area contributed by atoms with Crippen molar-refractivity contribution in [3.05, 3.63) is 48.0 Å². The second kappa shape index (κ2) is 4.39. The maximum atomic E-state index is 5.28. The lowest BCUT2D eigenvalue weighted by molar-refractivity contribution is 0.401. The molecule has 0 N–H and O–H groups in total. The third kappa shape index (κ3) is 1.85. The van der Waals surface area contributed by atoms with Crippen LogP contribution >= 0.6 is 0 Å². The van der Waals surface area contributed by atoms with Crippen molar-refractivity contribution >= 4 is 5.52 Å². The van der Waals surface area contributed by atoms with Crippen LogP contribution in [0.3, 0.4) is 0 Å². The minimum Gasteiger partial charge on any atom is -0.479 e. The summed E-state index contributed by atoms with van der Waals surface area (Å²) >= 11 is 0. The van der Waals surface area contributed by atoms with Gasteiger partial charge in [0.15, 0.2) is 0 Å². The molecule has 0 aliphatic heterocycles. The number of hydrogen-bond acceptors (Lipinski definition) is 3. The minimum atomic E-state index is 0.594. The lowest BCUT2D eigenvalue weighted by atomic mass is 10.1. The fourth-order valence-electron chi connectivity index (χ4n) is 2.23. The van der Waals surface area contributed by atoms with Gasteiger partial charge in [-0.3, -0.25) is 4.40 Å². The third-order valence-corrected chi connectivity index (χ3v) is 3.24. The van der Waals surface area contributed by atoms with Crippen molar-refractivity contribution in [3.8, 4) is 17.1 Å². The van der Waals surface area contributed by atoms with E-state index in [1.165, 1.54) is 5.56 Å². The molecular weight excluding hydrogens is 238 g/mol. The maximum Gasteiger partial charge on any atom is 0.239 e. The van der Waals surface area contributed by atoms with E-state index < -0.39 is 0 Å². The van der Waals surface area contributed by atoms with Crippen molar-refractivity contribution in [1.29, 1.82) is 0 Å². The highest BCUT2D eigenvalue weighted by Crippen LogP contribution is 2.26. The molecule has 0 radical (unpaired) electrons. The molecule has 1 aromatic carbocycles. The van der Waals surface area contributed by atoms with E-state index >= 15 is 0 Å². The molecule has 0 fully saturated rings. The van der Waals surface area contributed by atoms with E-state index in [1.54, 1.807) is 13.3 Å². The highest BCUT2D eigenvalue weighted by molar-refractivity contribution is 5.67. The molecule has 0 saturated carbocycles. The second-order valence-electron chi connectivity index (χ2n) is 4.54. The summed E-state index contributed by atoms with van der Waals surface area (Å²) in [5.74, 6) is 1.52. The lowest BCUT2D eigenvalue weighted by Gasteiger charge is -2.09. The van der Waals surface area contributed by atoms with Gasteiger partial charge in [-0.25, -0.2) is 9.97 Å². The average molecular weight is 253 g/mol. The largest absolute Gasteiger partial charge is 0.479 e. The van der Waals surface area contributed by atoms with Gasteiger partial charge in [-0.05, 0) is 13.8 Å². The van der Waals surface area contributed by atoms with Gasteiger partial charge in [-0.2, -0.15) is 0 Å². The number of nitrogens with zero attached hydrogens (tertiary/aromatic N) is 3. The molecule has 3 rings (SSSR count). The molecule has 0 spiro atoms. The Hall–Kier alpha value is -2.36. The molecule has 0 aliphatic rings. The van der Waals surface area contributed by atoms with Gasteiger partial charge in [0, 0.05) is 5.56 Å². The Morgan fingerprint density at radius 3 is 2.42 bits per heavy atom. The van der Waals surface area contributed by atoms with Crippen LogP contribution in [-0.4, -0.2) is 21.5 Å². The minimum absolute atomic E-state index is 0.594. The van der Waals surface area contributed by atoms with Crippen molar-refractivity contribution in [2.75, 3.05) is 7.11 Å². The van der Waals surface area contributed by atoms with Gasteiger partial charge in [0.2, 0.25) is 5.88 Å². The second-order valence-corrected chi connectivity index (χ2v) is 4.54. The highest BCUT2D eigenvalue weighted by atomic mass is 16.5. The summed E-state index contributed by atoms with van der Waals surface area (Å²) in [6, 6.07) is 8.38. The Bertz CT molecular complexity index is 729. The Morgan fingerprint density at radius 2 is 1.74 bits per heavy atom. The van der Waals surface area contributed by atoms with Crippen molar-refractivity contribution in [1.82, 2.24) is 14.4 Å². The van der Waals surface area contributed by atoms with E-state index in [4.69, 9.17) is 4.74 Å². The molecule has 19 heavy (non-hydrogen) atoms. The molecule has 3 aromatic rings. The summed E-state index contributed by atoms with van der Waals surface area (Å²) in [4.78, 5) is 8.71. The summed E-state index contributed by atoms with van der Waals surface area (Å²) in [5.41, 5.74) is 4.26. The number of methoxy groups -OCH3 is 1. The van der Waals surface area contributed by atoms with E-state index in [2.05, 4.69) is 45.6 Å². The predicted octanol–water partition coefficient (Wildman–Crippen LogP) is 3.02. The Labute approximate surface area is 111 Å². The summed E-state index contributed by atoms with van der Waals surface area (Å²) in [6.45, 7) is 4.05. The summed E-state index contributed by atoms with van der Waals surface area (Å²) in [7, 11) is 1.62. The third-order valence-electron chi connectivity index (χ3n) is 3.24. The zero-order valence-corrected chi connectivity index (χ0v) is 11.2. The molecule has 2 aromatic heterocycles. The zero-order chi connectivity index (χ0) is 13.4. The van der Waals surface area contributed by atoms with Crippen molar-refractivity contribution in [2.24, 2.45) is 0 Å². The summed E-state index contributed by atoms with van der Waals surface area (Å²) in [6.07, 6.45) is 3.62. The molecule has 0 unspecified atom stereocenters. The van der Waals surface area contributed by atoms with Gasteiger partial charge in [0.1, 0.15) is 11.3 Å². The first kappa shape index (κ1) is 11.7. The molecule has 4 heteroatoms. The van der Waals surface area contributed by atoms with Crippen LogP contribution in [0, 0.1) is 13.8 Å². The monoisotopic (exact) mass is 253 g/mol. The molecule has 2 heterocycles. The van der Waals surface area contributed by atoms with Crippen LogP contribution in [0.4, 0.5) is 0 Å². The SMILES string of the molecule is COc1ncc(-c2ccc(C)cc2)n2c(C)ncc12. The normalized spacial score (nSPS) is 10.9. The Balaban J connectivity index is 2.30. The smallest absolute Gasteiger partial charge is 0.239 e. The molecule has 0 aliphatic carbocycles. The molecule has 0 saturated heterocycles. The highest BCUT2D eigenvalue weighted by Gasteiger charge is 2.12. The van der Waals surface area contributed by atoms with Crippen molar-refractivity contribution in [2.45, 2.75) is 13.8 Å². The Morgan fingerprint density at radius 1 is 1.00 bits per heavy atom. The summed E-state index contributed by atoms with van der Waals surface area (Å²) < 4.78 is 7.34. The molecule has 0 bridgehead atoms. The van der Waals surface area contributed by atoms with Gasteiger partial charge in [0.05, 0.1) is 25.2 Å². The van der Waals surface area contributed by atoms with E-state index in [0.29, 0.717) is 5.88 Å². The maximum absolute atomic E-state index is 5.28.